The first-order valence-electron chi connectivity index (χ1n) is 6.47. The van der Waals surface area contributed by atoms with Crippen molar-refractivity contribution >= 4 is 16.2 Å². The first-order valence-corrected chi connectivity index (χ1v) is 8.28. The number of carbonyl (C=O) groups is 1. The summed E-state index contributed by atoms with van der Waals surface area (Å²) in [6, 6.07) is 0. The van der Waals surface area contributed by atoms with Crippen molar-refractivity contribution < 1.29 is 22.5 Å². The maximum absolute atomic E-state index is 11.1. The number of rotatable bonds is 6. The van der Waals surface area contributed by atoms with E-state index in [9.17, 15) is 13.2 Å². The van der Waals surface area contributed by atoms with Crippen molar-refractivity contribution in [2.75, 3.05) is 19.4 Å². The molecule has 1 unspecified atom stereocenters. The van der Waals surface area contributed by atoms with E-state index in [0.29, 0.717) is 18.9 Å². The van der Waals surface area contributed by atoms with E-state index in [4.69, 9.17) is 5.11 Å². The molecule has 1 heterocycles. The molecule has 0 spiro atoms. The van der Waals surface area contributed by atoms with Gasteiger partial charge in [0.25, 0.3) is 10.1 Å². The third kappa shape index (κ3) is 5.36. The van der Waals surface area contributed by atoms with Gasteiger partial charge >= 0.3 is 6.09 Å². The molecular weight excluding hydrogens is 270 g/mol. The van der Waals surface area contributed by atoms with E-state index in [1.165, 1.54) is 4.90 Å². The molecule has 1 rings (SSSR count). The van der Waals surface area contributed by atoms with Crippen LogP contribution < -0.4 is 0 Å². The van der Waals surface area contributed by atoms with Crippen LogP contribution in [0.2, 0.25) is 0 Å². The van der Waals surface area contributed by atoms with Crippen molar-refractivity contribution in [3.8, 4) is 0 Å². The van der Waals surface area contributed by atoms with Crippen molar-refractivity contribution in [1.82, 2.24) is 4.90 Å². The summed E-state index contributed by atoms with van der Waals surface area (Å²) in [5.74, 6) is 0.351. The van der Waals surface area contributed by atoms with Crippen molar-refractivity contribution in [3.05, 3.63) is 0 Å². The molecule has 1 fully saturated rings. The third-order valence-electron chi connectivity index (χ3n) is 3.49. The normalized spacial score (nSPS) is 22.7. The summed E-state index contributed by atoms with van der Waals surface area (Å²) in [7, 11) is -3.35. The number of likely N-dealkylation sites (tertiary alicyclic amines) is 1. The standard InChI is InChI=1S/C12H23NO5S/c1-12(2)8-10(9-13(12)11(14)15)6-4-5-7-18-19(3,16)17/h10H,4-9H2,1-3H3,(H,14,15). The second-order valence-corrected chi connectivity index (χ2v) is 7.44. The van der Waals surface area contributed by atoms with Gasteiger partial charge in [0.15, 0.2) is 0 Å². The molecule has 0 radical (unpaired) electrons. The van der Waals surface area contributed by atoms with Crippen molar-refractivity contribution in [1.29, 1.82) is 0 Å². The lowest BCUT2D eigenvalue weighted by Gasteiger charge is -2.28. The number of carboxylic acid groups (broad SMARTS) is 1. The molecule has 112 valence electrons. The lowest BCUT2D eigenvalue weighted by Crippen LogP contribution is -2.41. The zero-order valence-corrected chi connectivity index (χ0v) is 12.6. The van der Waals surface area contributed by atoms with Gasteiger partial charge in [-0.2, -0.15) is 8.42 Å². The van der Waals surface area contributed by atoms with Crippen LogP contribution in [0.3, 0.4) is 0 Å². The van der Waals surface area contributed by atoms with Gasteiger partial charge in [-0.1, -0.05) is 6.42 Å². The highest BCUT2D eigenvalue weighted by Gasteiger charge is 2.40. The molecule has 1 aliphatic rings. The zero-order valence-electron chi connectivity index (χ0n) is 11.8. The number of unbranched alkanes of at least 4 members (excludes halogenated alkanes) is 1. The molecule has 7 heteroatoms. The van der Waals surface area contributed by atoms with E-state index >= 15 is 0 Å². The van der Waals surface area contributed by atoms with Crippen LogP contribution in [-0.2, 0) is 14.3 Å². The summed E-state index contributed by atoms with van der Waals surface area (Å²) in [5, 5.41) is 9.11. The summed E-state index contributed by atoms with van der Waals surface area (Å²) in [4.78, 5) is 12.6. The van der Waals surface area contributed by atoms with E-state index in [1.54, 1.807) is 0 Å². The van der Waals surface area contributed by atoms with Gasteiger partial charge in [-0.15, -0.1) is 0 Å². The lowest BCUT2D eigenvalue weighted by atomic mass is 9.93. The second-order valence-electron chi connectivity index (χ2n) is 5.80. The van der Waals surface area contributed by atoms with Gasteiger partial charge in [0.05, 0.1) is 12.9 Å². The highest BCUT2D eigenvalue weighted by molar-refractivity contribution is 7.85. The fraction of sp³-hybridized carbons (Fsp3) is 0.917. The fourth-order valence-corrected chi connectivity index (χ4v) is 3.08. The first kappa shape index (κ1) is 16.2. The molecule has 1 amide bonds. The van der Waals surface area contributed by atoms with Crippen LogP contribution in [-0.4, -0.2) is 49.5 Å². The minimum Gasteiger partial charge on any atom is -0.465 e. The van der Waals surface area contributed by atoms with Crippen molar-refractivity contribution in [3.63, 3.8) is 0 Å². The molecular formula is C12H23NO5S. The highest BCUT2D eigenvalue weighted by Crippen LogP contribution is 2.35. The van der Waals surface area contributed by atoms with Gasteiger partial charge in [-0.3, -0.25) is 4.18 Å². The summed E-state index contributed by atoms with van der Waals surface area (Å²) < 4.78 is 26.2. The Kier molecular flexibility index (Phi) is 5.20. The molecule has 1 saturated heterocycles. The van der Waals surface area contributed by atoms with Gasteiger partial charge in [0.2, 0.25) is 0 Å². The van der Waals surface area contributed by atoms with E-state index < -0.39 is 16.2 Å². The molecule has 1 N–H and O–H groups in total. The molecule has 1 atom stereocenters. The Morgan fingerprint density at radius 1 is 1.42 bits per heavy atom. The molecule has 1 aliphatic heterocycles. The Morgan fingerprint density at radius 3 is 2.53 bits per heavy atom. The predicted octanol–water partition coefficient (Wildman–Crippen LogP) is 1.91. The van der Waals surface area contributed by atoms with Gasteiger partial charge in [-0.25, -0.2) is 4.79 Å². The Labute approximate surface area is 114 Å². The van der Waals surface area contributed by atoms with E-state index in [0.717, 1.165) is 25.5 Å². The number of amides is 1. The average molecular weight is 293 g/mol. The Morgan fingerprint density at radius 2 is 2.05 bits per heavy atom. The molecule has 6 nitrogen and oxygen atoms in total. The van der Waals surface area contributed by atoms with Gasteiger partial charge in [0.1, 0.15) is 0 Å². The van der Waals surface area contributed by atoms with Crippen LogP contribution in [0.5, 0.6) is 0 Å². The lowest BCUT2D eigenvalue weighted by molar-refractivity contribution is 0.117. The van der Waals surface area contributed by atoms with Crippen LogP contribution in [0.25, 0.3) is 0 Å². The second kappa shape index (κ2) is 6.09. The summed E-state index contributed by atoms with van der Waals surface area (Å²) in [6.07, 6.45) is 3.46. The maximum atomic E-state index is 11.1. The minimum atomic E-state index is -3.35. The van der Waals surface area contributed by atoms with Crippen LogP contribution in [0.15, 0.2) is 0 Å². The van der Waals surface area contributed by atoms with Crippen LogP contribution >= 0.6 is 0 Å². The Hall–Kier alpha value is -0.820. The largest absolute Gasteiger partial charge is 0.465 e. The van der Waals surface area contributed by atoms with E-state index in [-0.39, 0.29) is 12.1 Å². The molecule has 19 heavy (non-hydrogen) atoms. The van der Waals surface area contributed by atoms with Crippen LogP contribution in [0.1, 0.15) is 39.5 Å². The smallest absolute Gasteiger partial charge is 0.407 e. The molecule has 0 saturated carbocycles. The van der Waals surface area contributed by atoms with Crippen molar-refractivity contribution in [2.24, 2.45) is 5.92 Å². The highest BCUT2D eigenvalue weighted by atomic mass is 32.2. The molecule has 0 aromatic heterocycles. The van der Waals surface area contributed by atoms with E-state index in [2.05, 4.69) is 4.18 Å². The predicted molar refractivity (Wildman–Crippen MR) is 71.6 cm³/mol. The van der Waals surface area contributed by atoms with Crippen LogP contribution in [0, 0.1) is 5.92 Å². The monoisotopic (exact) mass is 293 g/mol. The SMILES string of the molecule is CC1(C)CC(CCCCOS(C)(=O)=O)CN1C(=O)O. The molecule has 0 bridgehead atoms. The molecule has 0 aromatic carbocycles. The summed E-state index contributed by atoms with van der Waals surface area (Å²) in [6.45, 7) is 4.65. The van der Waals surface area contributed by atoms with Crippen LogP contribution in [0.4, 0.5) is 4.79 Å². The topological polar surface area (TPSA) is 83.9 Å². The summed E-state index contributed by atoms with van der Waals surface area (Å²) >= 11 is 0. The van der Waals surface area contributed by atoms with Gasteiger partial charge in [0, 0.05) is 12.1 Å². The third-order valence-corrected chi connectivity index (χ3v) is 4.09. The number of nitrogens with zero attached hydrogens (tertiary/aromatic N) is 1. The van der Waals surface area contributed by atoms with Crippen molar-refractivity contribution in [2.45, 2.75) is 45.1 Å². The quantitative estimate of drug-likeness (QED) is 0.597. The average Bonchev–Trinajstić information content (AvgIpc) is 2.51. The number of hydrogen-bond donors (Lipinski definition) is 1. The first-order chi connectivity index (χ1) is 8.62. The van der Waals surface area contributed by atoms with Gasteiger partial charge < -0.3 is 10.0 Å². The van der Waals surface area contributed by atoms with Gasteiger partial charge in [-0.05, 0) is 39.0 Å². The minimum absolute atomic E-state index is 0.206. The zero-order chi connectivity index (χ0) is 14.7. The fourth-order valence-electron chi connectivity index (χ4n) is 2.66. The number of hydrogen-bond acceptors (Lipinski definition) is 4. The Bertz CT molecular complexity index is 418. The maximum Gasteiger partial charge on any atom is 0.407 e. The molecule has 0 aromatic rings. The Balaban J connectivity index is 2.27. The summed E-state index contributed by atoms with van der Waals surface area (Å²) in [5.41, 5.74) is -0.306. The van der Waals surface area contributed by atoms with E-state index in [1.807, 2.05) is 13.8 Å². The molecule has 0 aliphatic carbocycles.